The number of aliphatic carboxylic acids is 1. The molecule has 22 heavy (non-hydrogen) atoms. The van der Waals surface area contributed by atoms with Crippen LogP contribution in [0.1, 0.15) is 19.4 Å². The molecule has 0 spiro atoms. The third-order valence-corrected chi connectivity index (χ3v) is 4.94. The van der Waals surface area contributed by atoms with Gasteiger partial charge in [-0.15, -0.1) is 0 Å². The number of carbonyl (C=O) groups is 2. The number of nitrogens with one attached hydrogen (secondary N) is 1. The number of hydrogen-bond donors (Lipinski definition) is 2. The van der Waals surface area contributed by atoms with Crippen LogP contribution in [0.2, 0.25) is 0 Å². The van der Waals surface area contributed by atoms with E-state index in [-0.39, 0.29) is 6.42 Å². The zero-order chi connectivity index (χ0) is 16.8. The average Bonchev–Trinajstić information content (AvgIpc) is 2.40. The molecule has 1 rings (SSSR count). The molecule has 0 heterocycles. The summed E-state index contributed by atoms with van der Waals surface area (Å²) < 4.78 is 25.2. The van der Waals surface area contributed by atoms with E-state index < -0.39 is 27.7 Å². The Morgan fingerprint density at radius 1 is 1.14 bits per heavy atom. The average molecular weight is 328 g/mol. The smallest absolute Gasteiger partial charge is 0.307 e. The lowest BCUT2D eigenvalue weighted by molar-refractivity contribution is -0.136. The summed E-state index contributed by atoms with van der Waals surface area (Å²) in [6, 6.07) is 6.23. The molecule has 0 unspecified atom stereocenters. The van der Waals surface area contributed by atoms with Crippen molar-refractivity contribution in [1.29, 1.82) is 0 Å². The summed E-state index contributed by atoms with van der Waals surface area (Å²) in [6.07, 6.45) is -0.107. The highest BCUT2D eigenvalue weighted by Crippen LogP contribution is 2.11. The van der Waals surface area contributed by atoms with Gasteiger partial charge < -0.3 is 10.4 Å². The fourth-order valence-corrected chi connectivity index (χ4v) is 3.32. The fraction of sp³-hybridized carbons (Fsp3) is 0.429. The third-order valence-electron chi connectivity index (χ3n) is 3.01. The summed E-state index contributed by atoms with van der Waals surface area (Å²) in [6.45, 7) is 4.05. The summed E-state index contributed by atoms with van der Waals surface area (Å²) >= 11 is 0. The molecule has 0 aliphatic carbocycles. The van der Waals surface area contributed by atoms with Crippen LogP contribution in [-0.4, -0.2) is 48.5 Å². The molecule has 0 atom stereocenters. The molecule has 0 saturated carbocycles. The van der Waals surface area contributed by atoms with E-state index in [2.05, 4.69) is 5.32 Å². The summed E-state index contributed by atoms with van der Waals surface area (Å²) in [4.78, 5) is 22.4. The molecule has 8 heteroatoms. The summed E-state index contributed by atoms with van der Waals surface area (Å²) in [7, 11) is -3.62. The summed E-state index contributed by atoms with van der Waals surface area (Å²) in [5, 5.41) is 11.2. The van der Waals surface area contributed by atoms with Gasteiger partial charge in [-0.25, -0.2) is 12.7 Å². The van der Waals surface area contributed by atoms with E-state index in [1.165, 1.54) is 4.31 Å². The number of amides is 1. The molecule has 1 amide bonds. The number of sulfonamides is 1. The number of hydrogen-bond acceptors (Lipinski definition) is 4. The zero-order valence-electron chi connectivity index (χ0n) is 12.6. The molecule has 0 aliphatic heterocycles. The van der Waals surface area contributed by atoms with Gasteiger partial charge in [-0.2, -0.15) is 0 Å². The minimum atomic E-state index is -3.62. The number of carboxylic acids is 1. The van der Waals surface area contributed by atoms with Crippen LogP contribution >= 0.6 is 0 Å². The van der Waals surface area contributed by atoms with Gasteiger partial charge in [-0.3, -0.25) is 9.59 Å². The lowest BCUT2D eigenvalue weighted by Gasteiger charge is -2.17. The maximum absolute atomic E-state index is 12.0. The number of rotatable bonds is 8. The first-order chi connectivity index (χ1) is 10.3. The van der Waals surface area contributed by atoms with E-state index in [1.807, 2.05) is 0 Å². The van der Waals surface area contributed by atoms with Crippen molar-refractivity contribution in [3.63, 3.8) is 0 Å². The zero-order valence-corrected chi connectivity index (χ0v) is 13.4. The van der Waals surface area contributed by atoms with Gasteiger partial charge >= 0.3 is 5.97 Å². The molecule has 1 aromatic rings. The van der Waals surface area contributed by atoms with Crippen LogP contribution in [-0.2, 0) is 26.0 Å². The van der Waals surface area contributed by atoms with Gasteiger partial charge in [0.05, 0.1) is 6.42 Å². The van der Waals surface area contributed by atoms with Gasteiger partial charge in [-0.05, 0) is 17.7 Å². The minimum absolute atomic E-state index is 0.107. The molecule has 0 saturated heterocycles. The molecule has 0 radical (unpaired) electrons. The molecular formula is C14H20N2O5S. The molecule has 1 aromatic carbocycles. The maximum atomic E-state index is 12.0. The monoisotopic (exact) mass is 328 g/mol. The maximum Gasteiger partial charge on any atom is 0.307 e. The topological polar surface area (TPSA) is 104 Å². The highest BCUT2D eigenvalue weighted by molar-refractivity contribution is 7.89. The predicted molar refractivity (Wildman–Crippen MR) is 83.1 cm³/mol. The van der Waals surface area contributed by atoms with E-state index in [4.69, 9.17) is 5.11 Å². The molecule has 0 aliphatic rings. The second-order valence-electron chi connectivity index (χ2n) is 4.66. The van der Waals surface area contributed by atoms with Crippen molar-refractivity contribution < 1.29 is 23.1 Å². The molecule has 122 valence electrons. The van der Waals surface area contributed by atoms with Gasteiger partial charge in [0.25, 0.3) is 0 Å². The molecular weight excluding hydrogens is 308 g/mol. The fourth-order valence-electron chi connectivity index (χ4n) is 1.95. The predicted octanol–water partition coefficient (Wildman–Crippen LogP) is 0.924. The van der Waals surface area contributed by atoms with Crippen molar-refractivity contribution in [1.82, 2.24) is 4.31 Å². The van der Waals surface area contributed by atoms with Crippen molar-refractivity contribution in [3.05, 3.63) is 29.8 Å². The van der Waals surface area contributed by atoms with E-state index in [9.17, 15) is 18.0 Å². The minimum Gasteiger partial charge on any atom is -0.481 e. The first kappa shape index (κ1) is 18.1. The Bertz CT molecular complexity index is 621. The van der Waals surface area contributed by atoms with Crippen molar-refractivity contribution in [2.24, 2.45) is 0 Å². The van der Waals surface area contributed by atoms with Gasteiger partial charge in [0, 0.05) is 18.8 Å². The Kier molecular flexibility index (Phi) is 6.51. The van der Waals surface area contributed by atoms with Crippen molar-refractivity contribution in [2.45, 2.75) is 20.3 Å². The second kappa shape index (κ2) is 7.90. The normalized spacial score (nSPS) is 11.4. The second-order valence-corrected chi connectivity index (χ2v) is 6.63. The van der Waals surface area contributed by atoms with Crippen LogP contribution in [0.5, 0.6) is 0 Å². The van der Waals surface area contributed by atoms with Gasteiger partial charge in [-0.1, -0.05) is 26.0 Å². The highest BCUT2D eigenvalue weighted by Gasteiger charge is 2.22. The quantitative estimate of drug-likeness (QED) is 0.738. The van der Waals surface area contributed by atoms with Crippen LogP contribution in [0.3, 0.4) is 0 Å². The number of anilines is 1. The number of carbonyl (C=O) groups excluding carboxylic acids is 1. The molecule has 0 fully saturated rings. The van der Waals surface area contributed by atoms with Crippen molar-refractivity contribution >= 4 is 27.6 Å². The SMILES string of the molecule is CCN(CC)S(=O)(=O)CC(=O)Nc1ccc(CC(=O)O)cc1. The largest absolute Gasteiger partial charge is 0.481 e. The standard InChI is InChI=1S/C14H20N2O5S/c1-3-16(4-2)22(20,21)10-13(17)15-12-7-5-11(6-8-12)9-14(18)19/h5-8H,3-4,9-10H2,1-2H3,(H,15,17)(H,18,19). The molecule has 0 aromatic heterocycles. The van der Waals surface area contributed by atoms with Crippen molar-refractivity contribution in [2.75, 3.05) is 24.2 Å². The van der Waals surface area contributed by atoms with Crippen LogP contribution in [0.15, 0.2) is 24.3 Å². The van der Waals surface area contributed by atoms with Gasteiger partial charge in [0.15, 0.2) is 0 Å². The molecule has 7 nitrogen and oxygen atoms in total. The van der Waals surface area contributed by atoms with E-state index in [0.717, 1.165) is 0 Å². The number of carboxylic acid groups (broad SMARTS) is 1. The first-order valence-electron chi connectivity index (χ1n) is 6.87. The summed E-state index contributed by atoms with van der Waals surface area (Å²) in [5.74, 6) is -2.19. The molecule has 0 bridgehead atoms. The number of benzene rings is 1. The first-order valence-corrected chi connectivity index (χ1v) is 8.47. The Labute approximate surface area is 130 Å². The van der Waals surface area contributed by atoms with Crippen LogP contribution in [0.4, 0.5) is 5.69 Å². The Balaban J connectivity index is 2.67. The molecule has 2 N–H and O–H groups in total. The van der Waals surface area contributed by atoms with E-state index >= 15 is 0 Å². The Morgan fingerprint density at radius 2 is 1.68 bits per heavy atom. The van der Waals surface area contributed by atoms with E-state index in [1.54, 1.807) is 38.1 Å². The Hall–Kier alpha value is -1.93. The van der Waals surface area contributed by atoms with Crippen LogP contribution < -0.4 is 5.32 Å². The number of nitrogens with zero attached hydrogens (tertiary/aromatic N) is 1. The van der Waals surface area contributed by atoms with Crippen LogP contribution in [0, 0.1) is 0 Å². The summed E-state index contributed by atoms with van der Waals surface area (Å²) in [5.41, 5.74) is 1.02. The van der Waals surface area contributed by atoms with Gasteiger partial charge in [0.2, 0.25) is 15.9 Å². The lowest BCUT2D eigenvalue weighted by Crippen LogP contribution is -2.36. The van der Waals surface area contributed by atoms with E-state index in [0.29, 0.717) is 24.3 Å². The third kappa shape index (κ3) is 5.45. The Morgan fingerprint density at radius 3 is 2.14 bits per heavy atom. The van der Waals surface area contributed by atoms with Gasteiger partial charge in [0.1, 0.15) is 5.75 Å². The lowest BCUT2D eigenvalue weighted by atomic mass is 10.1. The van der Waals surface area contributed by atoms with Crippen LogP contribution in [0.25, 0.3) is 0 Å². The van der Waals surface area contributed by atoms with Crippen molar-refractivity contribution in [3.8, 4) is 0 Å². The highest BCUT2D eigenvalue weighted by atomic mass is 32.2.